The standard InChI is InChI=1S/C11H21NO/c1-2-3-7-11(10-13)12-8-5-4-6-9-12/h10-11H,2-9H2,1H3. The van der Waals surface area contributed by atoms with Gasteiger partial charge in [0.2, 0.25) is 0 Å². The van der Waals surface area contributed by atoms with Crippen molar-refractivity contribution in [2.75, 3.05) is 13.1 Å². The Labute approximate surface area is 81.3 Å². The van der Waals surface area contributed by atoms with Crippen molar-refractivity contribution in [2.45, 2.75) is 51.5 Å². The molecular formula is C11H21NO. The van der Waals surface area contributed by atoms with E-state index in [0.29, 0.717) is 0 Å². The van der Waals surface area contributed by atoms with Crippen LogP contribution >= 0.6 is 0 Å². The number of nitrogens with zero attached hydrogens (tertiary/aromatic N) is 1. The van der Waals surface area contributed by atoms with Crippen LogP contribution in [0, 0.1) is 0 Å². The van der Waals surface area contributed by atoms with Crippen LogP contribution in [-0.2, 0) is 4.79 Å². The number of hydrogen-bond donors (Lipinski definition) is 0. The largest absolute Gasteiger partial charge is 0.302 e. The summed E-state index contributed by atoms with van der Waals surface area (Å²) in [6, 6.07) is 0.209. The van der Waals surface area contributed by atoms with Crippen LogP contribution in [0.1, 0.15) is 45.4 Å². The van der Waals surface area contributed by atoms with Gasteiger partial charge in [0.15, 0.2) is 0 Å². The Bertz CT molecular complexity index is 141. The quantitative estimate of drug-likeness (QED) is 0.609. The summed E-state index contributed by atoms with van der Waals surface area (Å²) < 4.78 is 0. The van der Waals surface area contributed by atoms with Gasteiger partial charge in [-0.05, 0) is 32.4 Å². The van der Waals surface area contributed by atoms with E-state index in [-0.39, 0.29) is 6.04 Å². The van der Waals surface area contributed by atoms with Crippen LogP contribution in [0.25, 0.3) is 0 Å². The summed E-state index contributed by atoms with van der Waals surface area (Å²) in [5.74, 6) is 0. The maximum Gasteiger partial charge on any atom is 0.137 e. The number of rotatable bonds is 5. The van der Waals surface area contributed by atoms with Crippen molar-refractivity contribution in [1.29, 1.82) is 0 Å². The second-order valence-corrected chi connectivity index (χ2v) is 3.94. The smallest absolute Gasteiger partial charge is 0.137 e. The zero-order chi connectivity index (χ0) is 9.52. The molecule has 0 radical (unpaired) electrons. The number of piperidine rings is 1. The minimum absolute atomic E-state index is 0.209. The molecule has 76 valence electrons. The molecule has 1 saturated heterocycles. The summed E-state index contributed by atoms with van der Waals surface area (Å²) in [6.07, 6.45) is 8.46. The monoisotopic (exact) mass is 183 g/mol. The SMILES string of the molecule is CCCCC(C=O)N1CCCCC1. The van der Waals surface area contributed by atoms with E-state index in [0.717, 1.165) is 25.8 Å². The van der Waals surface area contributed by atoms with Gasteiger partial charge in [0.1, 0.15) is 6.29 Å². The molecule has 0 N–H and O–H groups in total. The van der Waals surface area contributed by atoms with Gasteiger partial charge in [-0.1, -0.05) is 26.2 Å². The van der Waals surface area contributed by atoms with Gasteiger partial charge < -0.3 is 4.79 Å². The fraction of sp³-hybridized carbons (Fsp3) is 0.909. The third kappa shape index (κ3) is 3.47. The molecule has 0 bridgehead atoms. The van der Waals surface area contributed by atoms with Crippen LogP contribution in [0.4, 0.5) is 0 Å². The summed E-state index contributed by atoms with van der Waals surface area (Å²) in [5, 5.41) is 0. The molecule has 0 spiro atoms. The number of likely N-dealkylation sites (tertiary alicyclic amines) is 1. The molecule has 1 unspecified atom stereocenters. The Kier molecular flexibility index (Phi) is 5.06. The average molecular weight is 183 g/mol. The lowest BCUT2D eigenvalue weighted by Crippen LogP contribution is -2.40. The Morgan fingerprint density at radius 1 is 1.31 bits per heavy atom. The zero-order valence-electron chi connectivity index (χ0n) is 8.67. The fourth-order valence-corrected chi connectivity index (χ4v) is 2.00. The predicted molar refractivity (Wildman–Crippen MR) is 54.8 cm³/mol. The minimum atomic E-state index is 0.209. The van der Waals surface area contributed by atoms with Crippen LogP contribution in [0.15, 0.2) is 0 Å². The van der Waals surface area contributed by atoms with Crippen LogP contribution < -0.4 is 0 Å². The summed E-state index contributed by atoms with van der Waals surface area (Å²) in [5.41, 5.74) is 0. The maximum absolute atomic E-state index is 10.9. The molecule has 2 nitrogen and oxygen atoms in total. The van der Waals surface area contributed by atoms with Gasteiger partial charge in [0.05, 0.1) is 6.04 Å². The van der Waals surface area contributed by atoms with Gasteiger partial charge in [-0.2, -0.15) is 0 Å². The first kappa shape index (κ1) is 10.7. The van der Waals surface area contributed by atoms with Crippen LogP contribution in [0.2, 0.25) is 0 Å². The van der Waals surface area contributed by atoms with Crippen LogP contribution in [0.3, 0.4) is 0 Å². The van der Waals surface area contributed by atoms with Crippen molar-refractivity contribution in [2.24, 2.45) is 0 Å². The van der Waals surface area contributed by atoms with E-state index in [2.05, 4.69) is 11.8 Å². The third-order valence-electron chi connectivity index (χ3n) is 2.87. The normalized spacial score (nSPS) is 21.3. The number of aldehydes is 1. The second-order valence-electron chi connectivity index (χ2n) is 3.94. The van der Waals surface area contributed by atoms with Crippen molar-refractivity contribution in [3.8, 4) is 0 Å². The van der Waals surface area contributed by atoms with Crippen molar-refractivity contribution in [3.05, 3.63) is 0 Å². The molecule has 13 heavy (non-hydrogen) atoms. The number of hydrogen-bond acceptors (Lipinski definition) is 2. The van der Waals surface area contributed by atoms with E-state index in [1.807, 2.05) is 0 Å². The van der Waals surface area contributed by atoms with Crippen molar-refractivity contribution in [3.63, 3.8) is 0 Å². The first-order valence-corrected chi connectivity index (χ1v) is 5.58. The minimum Gasteiger partial charge on any atom is -0.302 e. The van der Waals surface area contributed by atoms with E-state index in [9.17, 15) is 4.79 Å². The number of carbonyl (C=O) groups is 1. The highest BCUT2D eigenvalue weighted by Crippen LogP contribution is 2.14. The topological polar surface area (TPSA) is 20.3 Å². The lowest BCUT2D eigenvalue weighted by Gasteiger charge is -2.31. The van der Waals surface area contributed by atoms with Gasteiger partial charge in [-0.15, -0.1) is 0 Å². The molecule has 1 fully saturated rings. The molecule has 0 aliphatic carbocycles. The Morgan fingerprint density at radius 2 is 2.00 bits per heavy atom. The molecule has 1 aliphatic heterocycles. The lowest BCUT2D eigenvalue weighted by molar-refractivity contribution is -0.113. The molecule has 0 amide bonds. The molecule has 1 rings (SSSR count). The van der Waals surface area contributed by atoms with Gasteiger partial charge in [0.25, 0.3) is 0 Å². The van der Waals surface area contributed by atoms with Gasteiger partial charge in [0, 0.05) is 0 Å². The lowest BCUT2D eigenvalue weighted by atomic mass is 10.1. The van der Waals surface area contributed by atoms with E-state index in [4.69, 9.17) is 0 Å². The van der Waals surface area contributed by atoms with Crippen molar-refractivity contribution >= 4 is 6.29 Å². The van der Waals surface area contributed by atoms with E-state index >= 15 is 0 Å². The molecule has 2 heteroatoms. The average Bonchev–Trinajstić information content (AvgIpc) is 2.21. The third-order valence-corrected chi connectivity index (χ3v) is 2.87. The summed E-state index contributed by atoms with van der Waals surface area (Å²) in [6.45, 7) is 4.44. The van der Waals surface area contributed by atoms with Gasteiger partial charge >= 0.3 is 0 Å². The highest BCUT2D eigenvalue weighted by atomic mass is 16.1. The van der Waals surface area contributed by atoms with Crippen LogP contribution in [-0.4, -0.2) is 30.3 Å². The van der Waals surface area contributed by atoms with Gasteiger partial charge in [-0.3, -0.25) is 4.90 Å². The summed E-state index contributed by atoms with van der Waals surface area (Å²) in [7, 11) is 0. The molecule has 1 aliphatic rings. The first-order valence-electron chi connectivity index (χ1n) is 5.58. The summed E-state index contributed by atoms with van der Waals surface area (Å²) in [4.78, 5) is 13.2. The second kappa shape index (κ2) is 6.14. The molecular weight excluding hydrogens is 162 g/mol. The maximum atomic E-state index is 10.9. The Hall–Kier alpha value is -0.370. The molecule has 0 aromatic carbocycles. The highest BCUT2D eigenvalue weighted by molar-refractivity contribution is 5.57. The Balaban J connectivity index is 2.30. The predicted octanol–water partition coefficient (Wildman–Crippen LogP) is 2.23. The fourth-order valence-electron chi connectivity index (χ4n) is 2.00. The molecule has 1 atom stereocenters. The Morgan fingerprint density at radius 3 is 2.54 bits per heavy atom. The van der Waals surface area contributed by atoms with Gasteiger partial charge in [-0.25, -0.2) is 0 Å². The van der Waals surface area contributed by atoms with Crippen LogP contribution in [0.5, 0.6) is 0 Å². The molecule has 0 aromatic rings. The highest BCUT2D eigenvalue weighted by Gasteiger charge is 2.18. The first-order chi connectivity index (χ1) is 6.38. The van der Waals surface area contributed by atoms with E-state index < -0.39 is 0 Å². The van der Waals surface area contributed by atoms with E-state index in [1.54, 1.807) is 0 Å². The number of carbonyl (C=O) groups excluding carboxylic acids is 1. The molecule has 1 heterocycles. The van der Waals surface area contributed by atoms with Crippen molar-refractivity contribution < 1.29 is 4.79 Å². The van der Waals surface area contributed by atoms with E-state index in [1.165, 1.54) is 32.1 Å². The zero-order valence-corrected chi connectivity index (χ0v) is 8.67. The number of unbranched alkanes of at least 4 members (excludes halogenated alkanes) is 1. The summed E-state index contributed by atoms with van der Waals surface area (Å²) >= 11 is 0. The molecule has 0 saturated carbocycles. The van der Waals surface area contributed by atoms with Crippen molar-refractivity contribution in [1.82, 2.24) is 4.90 Å². The molecule has 0 aromatic heterocycles.